The third-order valence-electron chi connectivity index (χ3n) is 5.83. The minimum Gasteiger partial charge on any atom is -0.447 e. The predicted octanol–water partition coefficient (Wildman–Crippen LogP) is 4.25. The lowest BCUT2D eigenvalue weighted by molar-refractivity contribution is 0.0299. The molecule has 3 rings (SSSR count). The predicted molar refractivity (Wildman–Crippen MR) is 117 cm³/mol. The number of amides is 1. The van der Waals surface area contributed by atoms with Crippen LogP contribution in [-0.4, -0.2) is 53.0 Å². The standard InChI is InChI=1S/C24H35N3O3/c1-6-18(2)27(15-19-7-9-20(10-8-19)24(3,4)5)16-22-25-21(17-30-22)23(28)26-11-13-29-14-12-26/h7-10,17-18H,6,11-16H2,1-5H3. The maximum Gasteiger partial charge on any atom is 0.275 e. The van der Waals surface area contributed by atoms with Crippen molar-refractivity contribution in [1.82, 2.24) is 14.8 Å². The first kappa shape index (κ1) is 22.5. The van der Waals surface area contributed by atoms with Crippen LogP contribution in [0.2, 0.25) is 0 Å². The van der Waals surface area contributed by atoms with Crippen molar-refractivity contribution in [3.05, 3.63) is 53.2 Å². The second-order valence-electron chi connectivity index (χ2n) is 9.14. The number of oxazole rings is 1. The van der Waals surface area contributed by atoms with Crippen LogP contribution in [0.25, 0.3) is 0 Å². The van der Waals surface area contributed by atoms with E-state index in [1.807, 2.05) is 0 Å². The van der Waals surface area contributed by atoms with Crippen LogP contribution < -0.4 is 0 Å². The first-order valence-corrected chi connectivity index (χ1v) is 10.9. The van der Waals surface area contributed by atoms with Gasteiger partial charge in [0, 0.05) is 25.7 Å². The Morgan fingerprint density at radius 3 is 2.43 bits per heavy atom. The van der Waals surface area contributed by atoms with E-state index in [2.05, 4.69) is 68.8 Å². The van der Waals surface area contributed by atoms with Crippen LogP contribution in [0, 0.1) is 0 Å². The summed E-state index contributed by atoms with van der Waals surface area (Å²) in [6.07, 6.45) is 2.51. The van der Waals surface area contributed by atoms with Crippen molar-refractivity contribution in [2.45, 2.75) is 65.6 Å². The summed E-state index contributed by atoms with van der Waals surface area (Å²) in [7, 11) is 0. The summed E-state index contributed by atoms with van der Waals surface area (Å²) in [6, 6.07) is 9.22. The monoisotopic (exact) mass is 413 g/mol. The number of ether oxygens (including phenoxy) is 1. The molecule has 1 aromatic carbocycles. The molecule has 1 amide bonds. The lowest BCUT2D eigenvalue weighted by Gasteiger charge is -2.27. The van der Waals surface area contributed by atoms with Crippen molar-refractivity contribution in [2.24, 2.45) is 0 Å². The molecule has 1 aliphatic rings. The van der Waals surface area contributed by atoms with Gasteiger partial charge in [-0.2, -0.15) is 0 Å². The van der Waals surface area contributed by atoms with Gasteiger partial charge >= 0.3 is 0 Å². The lowest BCUT2D eigenvalue weighted by atomic mass is 9.87. The van der Waals surface area contributed by atoms with Crippen LogP contribution in [-0.2, 0) is 23.2 Å². The number of hydrogen-bond acceptors (Lipinski definition) is 5. The van der Waals surface area contributed by atoms with Crippen molar-refractivity contribution in [2.75, 3.05) is 26.3 Å². The van der Waals surface area contributed by atoms with Gasteiger partial charge in [-0.3, -0.25) is 9.69 Å². The summed E-state index contributed by atoms with van der Waals surface area (Å²) in [4.78, 5) is 21.2. The van der Waals surface area contributed by atoms with Crippen LogP contribution in [0.5, 0.6) is 0 Å². The van der Waals surface area contributed by atoms with Crippen LogP contribution in [0.3, 0.4) is 0 Å². The zero-order valence-corrected chi connectivity index (χ0v) is 19.0. The Bertz CT molecular complexity index is 817. The average molecular weight is 414 g/mol. The third-order valence-corrected chi connectivity index (χ3v) is 5.83. The normalized spacial score (nSPS) is 16.1. The summed E-state index contributed by atoms with van der Waals surface area (Å²) in [5.41, 5.74) is 3.13. The first-order chi connectivity index (χ1) is 14.3. The zero-order valence-electron chi connectivity index (χ0n) is 19.0. The molecule has 30 heavy (non-hydrogen) atoms. The van der Waals surface area contributed by atoms with Crippen molar-refractivity contribution < 1.29 is 13.9 Å². The summed E-state index contributed by atoms with van der Waals surface area (Å²) in [5, 5.41) is 0. The first-order valence-electron chi connectivity index (χ1n) is 10.9. The molecule has 1 aromatic heterocycles. The number of morpholine rings is 1. The fourth-order valence-electron chi connectivity index (χ4n) is 3.55. The molecule has 0 saturated carbocycles. The van der Waals surface area contributed by atoms with Gasteiger partial charge in [0.2, 0.25) is 5.89 Å². The average Bonchev–Trinajstić information content (AvgIpc) is 3.21. The minimum atomic E-state index is -0.0823. The van der Waals surface area contributed by atoms with Gasteiger partial charge in [0.15, 0.2) is 5.69 Å². The largest absolute Gasteiger partial charge is 0.447 e. The quantitative estimate of drug-likeness (QED) is 0.679. The van der Waals surface area contributed by atoms with E-state index in [4.69, 9.17) is 9.15 Å². The molecule has 0 aliphatic carbocycles. The van der Waals surface area contributed by atoms with E-state index in [0.717, 1.165) is 13.0 Å². The summed E-state index contributed by atoms with van der Waals surface area (Å²) in [6.45, 7) is 14.8. The van der Waals surface area contributed by atoms with Gasteiger partial charge in [-0.25, -0.2) is 4.98 Å². The molecular weight excluding hydrogens is 378 g/mol. The fourth-order valence-corrected chi connectivity index (χ4v) is 3.55. The van der Waals surface area contributed by atoms with Crippen molar-refractivity contribution in [1.29, 1.82) is 0 Å². The molecule has 1 saturated heterocycles. The minimum absolute atomic E-state index is 0.0823. The Morgan fingerprint density at radius 1 is 1.17 bits per heavy atom. The Morgan fingerprint density at radius 2 is 1.83 bits per heavy atom. The SMILES string of the molecule is CCC(C)N(Cc1ccc(C(C)(C)C)cc1)Cc1nc(C(=O)N2CCOCC2)co1. The van der Waals surface area contributed by atoms with Crippen LogP contribution in [0.1, 0.15) is 68.5 Å². The number of hydrogen-bond donors (Lipinski definition) is 0. The topological polar surface area (TPSA) is 58.8 Å². The summed E-state index contributed by atoms with van der Waals surface area (Å²) < 4.78 is 11.0. The second kappa shape index (κ2) is 9.75. The molecule has 2 aromatic rings. The fraction of sp³-hybridized carbons (Fsp3) is 0.583. The van der Waals surface area contributed by atoms with Gasteiger partial charge in [-0.05, 0) is 29.9 Å². The molecule has 2 heterocycles. The van der Waals surface area contributed by atoms with E-state index in [1.54, 1.807) is 4.90 Å². The number of rotatable bonds is 7. The number of aromatic nitrogens is 1. The molecule has 0 bridgehead atoms. The molecule has 164 valence electrons. The maximum atomic E-state index is 12.6. The summed E-state index contributed by atoms with van der Waals surface area (Å²) >= 11 is 0. The Hall–Kier alpha value is -2.18. The van der Waals surface area contributed by atoms with Gasteiger partial charge in [-0.15, -0.1) is 0 Å². The highest BCUT2D eigenvalue weighted by atomic mass is 16.5. The molecule has 1 atom stereocenters. The number of benzene rings is 1. The number of nitrogens with zero attached hydrogens (tertiary/aromatic N) is 3. The molecule has 1 fully saturated rings. The molecule has 6 nitrogen and oxygen atoms in total. The Balaban J connectivity index is 1.68. The smallest absolute Gasteiger partial charge is 0.275 e. The second-order valence-corrected chi connectivity index (χ2v) is 9.14. The molecule has 0 N–H and O–H groups in total. The maximum absolute atomic E-state index is 12.6. The zero-order chi connectivity index (χ0) is 21.7. The van der Waals surface area contributed by atoms with Crippen molar-refractivity contribution >= 4 is 5.91 Å². The van der Waals surface area contributed by atoms with E-state index in [9.17, 15) is 4.79 Å². The number of carbonyl (C=O) groups is 1. The number of carbonyl (C=O) groups excluding carboxylic acids is 1. The van der Waals surface area contributed by atoms with Gasteiger partial charge < -0.3 is 14.1 Å². The van der Waals surface area contributed by atoms with Gasteiger partial charge in [0.25, 0.3) is 5.91 Å². The Kier molecular flexibility index (Phi) is 7.32. The molecule has 6 heteroatoms. The van der Waals surface area contributed by atoms with Crippen LogP contribution >= 0.6 is 0 Å². The van der Waals surface area contributed by atoms with Crippen LogP contribution in [0.15, 0.2) is 34.9 Å². The van der Waals surface area contributed by atoms with Crippen LogP contribution in [0.4, 0.5) is 0 Å². The lowest BCUT2D eigenvalue weighted by Crippen LogP contribution is -2.40. The molecule has 1 aliphatic heterocycles. The third kappa shape index (κ3) is 5.70. The van der Waals surface area contributed by atoms with Gasteiger partial charge in [0.05, 0.1) is 19.8 Å². The van der Waals surface area contributed by atoms with E-state index in [-0.39, 0.29) is 11.3 Å². The molecular formula is C24H35N3O3. The highest BCUT2D eigenvalue weighted by Gasteiger charge is 2.23. The highest BCUT2D eigenvalue weighted by Crippen LogP contribution is 2.23. The van der Waals surface area contributed by atoms with E-state index in [1.165, 1.54) is 17.4 Å². The van der Waals surface area contributed by atoms with E-state index >= 15 is 0 Å². The summed E-state index contributed by atoms with van der Waals surface area (Å²) in [5.74, 6) is 0.499. The van der Waals surface area contributed by atoms with Crippen molar-refractivity contribution in [3.8, 4) is 0 Å². The van der Waals surface area contributed by atoms with Gasteiger partial charge in [0.1, 0.15) is 6.26 Å². The van der Waals surface area contributed by atoms with E-state index in [0.29, 0.717) is 50.5 Å². The van der Waals surface area contributed by atoms with Crippen molar-refractivity contribution in [3.63, 3.8) is 0 Å². The van der Waals surface area contributed by atoms with E-state index < -0.39 is 0 Å². The highest BCUT2D eigenvalue weighted by molar-refractivity contribution is 5.92. The van der Waals surface area contributed by atoms with Gasteiger partial charge in [-0.1, -0.05) is 52.0 Å². The Labute approximate surface area is 180 Å². The molecule has 0 spiro atoms. The molecule has 0 radical (unpaired) electrons. The molecule has 1 unspecified atom stereocenters.